The van der Waals surface area contributed by atoms with Crippen LogP contribution < -0.4 is 15.4 Å². The first-order valence-electron chi connectivity index (χ1n) is 8.27. The van der Waals surface area contributed by atoms with E-state index in [1.54, 1.807) is 0 Å². The Morgan fingerprint density at radius 1 is 0.958 bits per heavy atom. The number of benzene rings is 2. The molecule has 2 aromatic carbocycles. The first-order chi connectivity index (χ1) is 11.8. The number of hydrogen-bond donors (Lipinski definition) is 3. The van der Waals surface area contributed by atoms with E-state index in [1.807, 2.05) is 48.5 Å². The number of aliphatic hydroxyl groups is 1. The molecule has 0 saturated heterocycles. The first-order valence-corrected chi connectivity index (χ1v) is 8.65. The summed E-state index contributed by atoms with van der Waals surface area (Å²) in [4.78, 5) is 0. The van der Waals surface area contributed by atoms with Crippen molar-refractivity contribution in [2.24, 2.45) is 0 Å². The Morgan fingerprint density at radius 3 is 2.54 bits per heavy atom. The molecule has 0 aromatic heterocycles. The van der Waals surface area contributed by atoms with Crippen molar-refractivity contribution in [2.75, 3.05) is 26.2 Å². The summed E-state index contributed by atoms with van der Waals surface area (Å²) in [5, 5.41) is 16.0. The lowest BCUT2D eigenvalue weighted by Crippen LogP contribution is -2.24. The number of halogens is 1. The smallest absolute Gasteiger partial charge is 0.124 e. The molecular weight excluding hydrogens is 324 g/mol. The molecule has 0 radical (unpaired) electrons. The van der Waals surface area contributed by atoms with Crippen LogP contribution in [0.5, 0.6) is 5.75 Å². The molecule has 0 unspecified atom stereocenters. The molecule has 24 heavy (non-hydrogen) atoms. The van der Waals surface area contributed by atoms with Gasteiger partial charge in [0.05, 0.1) is 6.61 Å². The minimum absolute atomic E-state index is 0.179. The van der Waals surface area contributed by atoms with Gasteiger partial charge < -0.3 is 20.5 Å². The molecule has 2 aromatic rings. The number of hydrogen-bond acceptors (Lipinski definition) is 4. The summed E-state index contributed by atoms with van der Waals surface area (Å²) >= 11 is 6.11. The maximum Gasteiger partial charge on any atom is 0.124 e. The predicted molar refractivity (Wildman–Crippen MR) is 98.5 cm³/mol. The fourth-order valence-corrected chi connectivity index (χ4v) is 2.52. The van der Waals surface area contributed by atoms with Crippen molar-refractivity contribution in [2.45, 2.75) is 19.6 Å². The molecule has 0 aliphatic rings. The maximum absolute atomic E-state index is 8.70. The van der Waals surface area contributed by atoms with Crippen molar-refractivity contribution >= 4 is 11.6 Å². The highest BCUT2D eigenvalue weighted by Gasteiger charge is 2.05. The predicted octanol–water partition coefficient (Wildman–Crippen LogP) is 2.98. The van der Waals surface area contributed by atoms with E-state index in [4.69, 9.17) is 21.4 Å². The highest BCUT2D eigenvalue weighted by Crippen LogP contribution is 2.23. The van der Waals surface area contributed by atoms with Gasteiger partial charge in [0.2, 0.25) is 0 Å². The van der Waals surface area contributed by atoms with Crippen LogP contribution in [0.25, 0.3) is 0 Å². The van der Waals surface area contributed by atoms with Gasteiger partial charge in [-0.3, -0.25) is 0 Å². The molecule has 2 rings (SSSR count). The zero-order valence-electron chi connectivity index (χ0n) is 13.8. The summed E-state index contributed by atoms with van der Waals surface area (Å²) in [6, 6.07) is 15.8. The van der Waals surface area contributed by atoms with Crippen molar-refractivity contribution in [1.29, 1.82) is 0 Å². The molecule has 3 N–H and O–H groups in total. The lowest BCUT2D eigenvalue weighted by atomic mass is 10.2. The van der Waals surface area contributed by atoms with Crippen LogP contribution in [0.4, 0.5) is 0 Å². The molecule has 4 nitrogen and oxygen atoms in total. The van der Waals surface area contributed by atoms with Crippen LogP contribution in [0.1, 0.15) is 17.5 Å². The molecule has 130 valence electrons. The van der Waals surface area contributed by atoms with Gasteiger partial charge in [-0.2, -0.15) is 0 Å². The third-order valence-corrected chi connectivity index (χ3v) is 3.81. The van der Waals surface area contributed by atoms with Crippen LogP contribution in [0, 0.1) is 0 Å². The Morgan fingerprint density at radius 2 is 1.75 bits per heavy atom. The van der Waals surface area contributed by atoms with Crippen LogP contribution in [-0.4, -0.2) is 31.3 Å². The van der Waals surface area contributed by atoms with E-state index in [0.717, 1.165) is 36.4 Å². The highest BCUT2D eigenvalue weighted by molar-refractivity contribution is 6.30. The largest absolute Gasteiger partial charge is 0.489 e. The van der Waals surface area contributed by atoms with Crippen molar-refractivity contribution < 1.29 is 9.84 Å². The fourth-order valence-electron chi connectivity index (χ4n) is 2.33. The molecule has 5 heteroatoms. The van der Waals surface area contributed by atoms with Crippen LogP contribution in [0.15, 0.2) is 48.5 Å². The first kappa shape index (κ1) is 18.7. The van der Waals surface area contributed by atoms with Crippen LogP contribution >= 0.6 is 11.6 Å². The summed E-state index contributed by atoms with van der Waals surface area (Å²) in [6.45, 7) is 3.86. The van der Waals surface area contributed by atoms with Crippen molar-refractivity contribution in [1.82, 2.24) is 10.6 Å². The Kier molecular flexibility index (Phi) is 8.63. The normalized spacial score (nSPS) is 10.8. The molecule has 0 amide bonds. The molecule has 0 saturated carbocycles. The monoisotopic (exact) mass is 348 g/mol. The van der Waals surface area contributed by atoms with Crippen molar-refractivity contribution in [3.63, 3.8) is 0 Å². The van der Waals surface area contributed by atoms with Crippen molar-refractivity contribution in [3.05, 3.63) is 64.7 Å². The van der Waals surface area contributed by atoms with Gasteiger partial charge in [-0.1, -0.05) is 41.9 Å². The molecular formula is C19H25ClN2O2. The van der Waals surface area contributed by atoms with Gasteiger partial charge in [0.25, 0.3) is 0 Å². The third kappa shape index (κ3) is 6.89. The van der Waals surface area contributed by atoms with Crippen LogP contribution in [0.2, 0.25) is 5.02 Å². The summed E-state index contributed by atoms with van der Waals surface area (Å²) in [5.41, 5.74) is 2.20. The summed E-state index contributed by atoms with van der Waals surface area (Å²) in [6.07, 6.45) is 1.00. The average Bonchev–Trinajstić information content (AvgIpc) is 2.61. The Hall–Kier alpha value is -1.59. The standard InChI is InChI=1S/C19H25ClN2O2/c20-18-7-8-19(24-15-16-5-2-1-3-6-16)17(13-18)14-22-10-4-9-21-11-12-23/h1-3,5-8,13,21-23H,4,9-12,14-15H2. The molecule has 0 spiro atoms. The Labute approximate surface area is 148 Å². The number of rotatable bonds is 11. The molecule has 0 heterocycles. The number of aliphatic hydroxyl groups excluding tert-OH is 1. The van der Waals surface area contributed by atoms with Gasteiger partial charge in [-0.05, 0) is 43.3 Å². The molecule has 0 aliphatic carbocycles. The quantitative estimate of drug-likeness (QED) is 0.546. The summed E-state index contributed by atoms with van der Waals surface area (Å²) in [5.74, 6) is 0.856. The van der Waals surface area contributed by atoms with E-state index in [1.165, 1.54) is 0 Å². The van der Waals surface area contributed by atoms with E-state index < -0.39 is 0 Å². The van der Waals surface area contributed by atoms with E-state index in [9.17, 15) is 0 Å². The van der Waals surface area contributed by atoms with Gasteiger partial charge in [0, 0.05) is 23.7 Å². The van der Waals surface area contributed by atoms with Crippen molar-refractivity contribution in [3.8, 4) is 5.75 Å². The van der Waals surface area contributed by atoms with Crippen LogP contribution in [-0.2, 0) is 13.2 Å². The minimum atomic E-state index is 0.179. The van der Waals surface area contributed by atoms with Gasteiger partial charge in [0.1, 0.15) is 12.4 Å². The third-order valence-electron chi connectivity index (χ3n) is 3.57. The average molecular weight is 349 g/mol. The molecule has 0 atom stereocenters. The van der Waals surface area contributed by atoms with Gasteiger partial charge in [0.15, 0.2) is 0 Å². The maximum atomic E-state index is 8.70. The van der Waals surface area contributed by atoms with Crippen LogP contribution in [0.3, 0.4) is 0 Å². The fraction of sp³-hybridized carbons (Fsp3) is 0.368. The van der Waals surface area contributed by atoms with E-state index >= 15 is 0 Å². The SMILES string of the molecule is OCCNCCCNCc1cc(Cl)ccc1OCc1ccccc1. The Bertz CT molecular complexity index is 593. The minimum Gasteiger partial charge on any atom is -0.489 e. The zero-order valence-corrected chi connectivity index (χ0v) is 14.6. The molecule has 0 fully saturated rings. The highest BCUT2D eigenvalue weighted by atomic mass is 35.5. The number of nitrogens with one attached hydrogen (secondary N) is 2. The lowest BCUT2D eigenvalue weighted by Gasteiger charge is -2.13. The molecule has 0 bridgehead atoms. The van der Waals surface area contributed by atoms with Gasteiger partial charge in [-0.25, -0.2) is 0 Å². The summed E-state index contributed by atoms with van der Waals surface area (Å²) in [7, 11) is 0. The second-order valence-electron chi connectivity index (χ2n) is 5.53. The van der Waals surface area contributed by atoms with E-state index in [-0.39, 0.29) is 6.61 Å². The Balaban J connectivity index is 1.81. The second-order valence-corrected chi connectivity index (χ2v) is 5.97. The van der Waals surface area contributed by atoms with E-state index in [0.29, 0.717) is 24.7 Å². The number of ether oxygens (including phenoxy) is 1. The second kappa shape index (κ2) is 11.0. The summed E-state index contributed by atoms with van der Waals surface area (Å²) < 4.78 is 5.95. The van der Waals surface area contributed by atoms with Gasteiger partial charge >= 0.3 is 0 Å². The topological polar surface area (TPSA) is 53.5 Å². The zero-order chi connectivity index (χ0) is 17.0. The molecule has 0 aliphatic heterocycles. The lowest BCUT2D eigenvalue weighted by molar-refractivity contribution is 0.292. The van der Waals surface area contributed by atoms with E-state index in [2.05, 4.69) is 10.6 Å². The van der Waals surface area contributed by atoms with Gasteiger partial charge in [-0.15, -0.1) is 0 Å².